The summed E-state index contributed by atoms with van der Waals surface area (Å²) in [6.07, 6.45) is 3.09. The van der Waals surface area contributed by atoms with Crippen molar-refractivity contribution in [3.05, 3.63) is 77.1 Å². The average molecular weight is 333 g/mol. The summed E-state index contributed by atoms with van der Waals surface area (Å²) in [5.41, 5.74) is 10.8. The maximum Gasteiger partial charge on any atom is 0.243 e. The van der Waals surface area contributed by atoms with E-state index < -0.39 is 0 Å². The maximum atomic E-state index is 6.28. The number of benzene rings is 2. The predicted molar refractivity (Wildman–Crippen MR) is 95.0 cm³/mol. The minimum Gasteiger partial charge on any atom is -0.338 e. The van der Waals surface area contributed by atoms with E-state index in [0.717, 1.165) is 27.6 Å². The lowest BCUT2D eigenvalue weighted by atomic mass is 10.0. The summed E-state index contributed by atoms with van der Waals surface area (Å²) in [7, 11) is 0. The molecule has 126 valence electrons. The third kappa shape index (κ3) is 3.29. The molecule has 0 saturated heterocycles. The van der Waals surface area contributed by atoms with Gasteiger partial charge >= 0.3 is 0 Å². The van der Waals surface area contributed by atoms with Crippen LogP contribution in [0.1, 0.15) is 34.4 Å². The molecule has 6 nitrogen and oxygen atoms in total. The highest BCUT2D eigenvalue weighted by molar-refractivity contribution is 5.81. The van der Waals surface area contributed by atoms with Gasteiger partial charge in [0.05, 0.1) is 17.8 Å². The van der Waals surface area contributed by atoms with E-state index in [4.69, 9.17) is 10.3 Å². The van der Waals surface area contributed by atoms with Crippen molar-refractivity contribution in [2.24, 2.45) is 5.73 Å². The van der Waals surface area contributed by atoms with Crippen LogP contribution in [0.15, 0.2) is 53.2 Å². The average Bonchev–Trinajstić information content (AvgIpc) is 3.25. The lowest BCUT2D eigenvalue weighted by Gasteiger charge is -2.08. The van der Waals surface area contributed by atoms with Gasteiger partial charge < -0.3 is 10.3 Å². The minimum absolute atomic E-state index is 0.333. The number of fused-ring (bicyclic) bond motifs is 1. The van der Waals surface area contributed by atoms with Gasteiger partial charge in [0.15, 0.2) is 5.82 Å². The first-order valence-corrected chi connectivity index (χ1v) is 8.23. The lowest BCUT2D eigenvalue weighted by molar-refractivity contribution is 0.350. The molecule has 25 heavy (non-hydrogen) atoms. The van der Waals surface area contributed by atoms with Gasteiger partial charge in [0, 0.05) is 11.8 Å². The molecule has 0 aliphatic heterocycles. The molecule has 0 fully saturated rings. The second-order valence-corrected chi connectivity index (χ2v) is 6.27. The summed E-state index contributed by atoms with van der Waals surface area (Å²) in [5.74, 6) is 1.12. The number of aromatic nitrogens is 4. The van der Waals surface area contributed by atoms with Crippen molar-refractivity contribution < 1.29 is 4.52 Å². The molecule has 2 heterocycles. The number of hydrogen-bond acceptors (Lipinski definition) is 5. The molecule has 2 aromatic heterocycles. The molecule has 1 unspecified atom stereocenters. The molecule has 4 aromatic rings. The molecule has 4 rings (SSSR count). The van der Waals surface area contributed by atoms with E-state index in [0.29, 0.717) is 24.6 Å². The first-order chi connectivity index (χ1) is 12.2. The summed E-state index contributed by atoms with van der Waals surface area (Å²) in [5, 5.41) is 12.2. The van der Waals surface area contributed by atoms with Crippen LogP contribution in [0.25, 0.3) is 10.9 Å². The lowest BCUT2D eigenvalue weighted by Crippen LogP contribution is -2.14. The van der Waals surface area contributed by atoms with Crippen LogP contribution in [-0.2, 0) is 12.8 Å². The second-order valence-electron chi connectivity index (χ2n) is 6.27. The van der Waals surface area contributed by atoms with Gasteiger partial charge in [0.2, 0.25) is 5.89 Å². The Morgan fingerprint density at radius 2 is 2.00 bits per heavy atom. The van der Waals surface area contributed by atoms with Crippen molar-refractivity contribution in [3.63, 3.8) is 0 Å². The van der Waals surface area contributed by atoms with Crippen LogP contribution in [0.2, 0.25) is 0 Å². The fourth-order valence-corrected chi connectivity index (χ4v) is 3.04. The number of nitrogens with one attached hydrogen (secondary N) is 1. The van der Waals surface area contributed by atoms with Crippen molar-refractivity contribution in [1.82, 2.24) is 20.3 Å². The van der Waals surface area contributed by atoms with Crippen LogP contribution in [0.3, 0.4) is 0 Å². The molecule has 6 heteroatoms. The van der Waals surface area contributed by atoms with Crippen molar-refractivity contribution >= 4 is 10.9 Å². The van der Waals surface area contributed by atoms with Gasteiger partial charge in [-0.05, 0) is 36.1 Å². The monoisotopic (exact) mass is 333 g/mol. The largest absolute Gasteiger partial charge is 0.338 e. The molecule has 0 saturated carbocycles. The van der Waals surface area contributed by atoms with E-state index in [1.165, 1.54) is 0 Å². The molecule has 1 atom stereocenters. The van der Waals surface area contributed by atoms with E-state index in [9.17, 15) is 0 Å². The van der Waals surface area contributed by atoms with Crippen LogP contribution in [0.5, 0.6) is 0 Å². The Kier molecular flexibility index (Phi) is 4.03. The maximum absolute atomic E-state index is 6.28. The van der Waals surface area contributed by atoms with Gasteiger partial charge in [0.1, 0.15) is 0 Å². The first kappa shape index (κ1) is 15.5. The molecule has 0 aliphatic rings. The van der Waals surface area contributed by atoms with Crippen LogP contribution in [0, 0.1) is 6.92 Å². The highest BCUT2D eigenvalue weighted by Gasteiger charge is 2.16. The highest BCUT2D eigenvalue weighted by atomic mass is 16.5. The van der Waals surface area contributed by atoms with Crippen LogP contribution >= 0.6 is 0 Å². The van der Waals surface area contributed by atoms with Gasteiger partial charge in [0.25, 0.3) is 0 Å². The van der Waals surface area contributed by atoms with Gasteiger partial charge in [-0.15, -0.1) is 0 Å². The zero-order chi connectivity index (χ0) is 17.2. The summed E-state index contributed by atoms with van der Waals surface area (Å²) < 4.78 is 5.37. The van der Waals surface area contributed by atoms with Crippen LogP contribution in [0.4, 0.5) is 0 Å². The zero-order valence-electron chi connectivity index (χ0n) is 13.9. The molecule has 0 spiro atoms. The second kappa shape index (κ2) is 6.49. The van der Waals surface area contributed by atoms with Gasteiger partial charge in [-0.1, -0.05) is 41.6 Å². The highest BCUT2D eigenvalue weighted by Crippen LogP contribution is 2.22. The first-order valence-electron chi connectivity index (χ1n) is 8.23. The summed E-state index contributed by atoms with van der Waals surface area (Å²) >= 11 is 0. The third-order valence-corrected chi connectivity index (χ3v) is 4.27. The Balaban J connectivity index is 1.49. The van der Waals surface area contributed by atoms with E-state index in [1.54, 1.807) is 0 Å². The quantitative estimate of drug-likeness (QED) is 0.585. The van der Waals surface area contributed by atoms with Crippen molar-refractivity contribution in [1.29, 1.82) is 0 Å². The Morgan fingerprint density at radius 1 is 1.16 bits per heavy atom. The number of rotatable bonds is 5. The van der Waals surface area contributed by atoms with Crippen molar-refractivity contribution in [3.8, 4) is 0 Å². The number of nitrogens with zero attached hydrogens (tertiary/aromatic N) is 3. The normalized spacial score (nSPS) is 12.6. The zero-order valence-corrected chi connectivity index (χ0v) is 13.9. The fraction of sp³-hybridized carbons (Fsp3) is 0.211. The van der Waals surface area contributed by atoms with E-state index in [1.807, 2.05) is 36.5 Å². The minimum atomic E-state index is -0.333. The molecular weight excluding hydrogens is 314 g/mol. The Morgan fingerprint density at radius 3 is 2.84 bits per heavy atom. The number of aryl methyl sites for hydroxylation is 1. The molecule has 2 aromatic carbocycles. The van der Waals surface area contributed by atoms with Crippen molar-refractivity contribution in [2.75, 3.05) is 0 Å². The third-order valence-electron chi connectivity index (χ3n) is 4.27. The van der Waals surface area contributed by atoms with Gasteiger partial charge in [-0.3, -0.25) is 5.10 Å². The van der Waals surface area contributed by atoms with E-state index >= 15 is 0 Å². The Bertz CT molecular complexity index is 989. The smallest absolute Gasteiger partial charge is 0.243 e. The Hall–Kier alpha value is -2.99. The molecule has 3 N–H and O–H groups in total. The molecule has 0 radical (unpaired) electrons. The standard InChI is InChI=1S/C19H19N5O/c1-12-7-14(8-15-11-21-23-18(12)15)9-16(20)19-22-17(24-25-19)10-13-5-3-2-4-6-13/h2-8,11,16H,9-10,20H2,1H3,(H,21,23). The summed E-state index contributed by atoms with van der Waals surface area (Å²) in [6.45, 7) is 2.06. The molecule has 0 aliphatic carbocycles. The number of aromatic amines is 1. The summed E-state index contributed by atoms with van der Waals surface area (Å²) in [4.78, 5) is 4.46. The number of hydrogen-bond donors (Lipinski definition) is 2. The SMILES string of the molecule is Cc1cc(CC(N)c2nc(Cc3ccccc3)no2)cc2cn[nH]c12. The summed E-state index contributed by atoms with van der Waals surface area (Å²) in [6, 6.07) is 13.9. The molecular formula is C19H19N5O. The van der Waals surface area contributed by atoms with E-state index in [2.05, 4.69) is 39.4 Å². The topological polar surface area (TPSA) is 93.6 Å². The molecule has 0 amide bonds. The molecule has 0 bridgehead atoms. The van der Waals surface area contributed by atoms with Crippen molar-refractivity contribution in [2.45, 2.75) is 25.8 Å². The van der Waals surface area contributed by atoms with Gasteiger partial charge in [-0.2, -0.15) is 10.1 Å². The van der Waals surface area contributed by atoms with Crippen LogP contribution < -0.4 is 5.73 Å². The fourth-order valence-electron chi connectivity index (χ4n) is 3.04. The number of nitrogens with two attached hydrogens (primary N) is 1. The predicted octanol–water partition coefficient (Wildman–Crippen LogP) is 3.09. The number of H-pyrrole nitrogens is 1. The van der Waals surface area contributed by atoms with E-state index in [-0.39, 0.29) is 6.04 Å². The van der Waals surface area contributed by atoms with Crippen LogP contribution in [-0.4, -0.2) is 20.3 Å². The Labute approximate surface area is 145 Å². The van der Waals surface area contributed by atoms with Gasteiger partial charge in [-0.25, -0.2) is 0 Å².